The Balaban J connectivity index is 2.06. The lowest BCUT2D eigenvalue weighted by Gasteiger charge is -2.19. The van der Waals surface area contributed by atoms with Crippen LogP contribution in [-0.2, 0) is 6.54 Å². The largest absolute Gasteiger partial charge is 0.396 e. The van der Waals surface area contributed by atoms with Crippen LogP contribution in [0.5, 0.6) is 0 Å². The molecule has 0 amide bonds. The predicted molar refractivity (Wildman–Crippen MR) is 76.5 cm³/mol. The summed E-state index contributed by atoms with van der Waals surface area (Å²) >= 11 is 0. The van der Waals surface area contributed by atoms with Gasteiger partial charge >= 0.3 is 0 Å². The zero-order chi connectivity index (χ0) is 15.4. The van der Waals surface area contributed by atoms with E-state index in [1.165, 1.54) is 0 Å². The monoisotopic (exact) mass is 297 g/mol. The van der Waals surface area contributed by atoms with Crippen molar-refractivity contribution in [2.45, 2.75) is 12.6 Å². The average Bonchev–Trinajstić information content (AvgIpc) is 2.86. The molecular weight excluding hydrogens is 278 g/mol. The van der Waals surface area contributed by atoms with E-state index in [9.17, 15) is 9.90 Å². The van der Waals surface area contributed by atoms with Gasteiger partial charge in [-0.3, -0.25) is 9.78 Å². The van der Waals surface area contributed by atoms with E-state index in [2.05, 4.69) is 20.3 Å². The van der Waals surface area contributed by atoms with Gasteiger partial charge in [0.1, 0.15) is 11.0 Å². The molecule has 0 aliphatic carbocycles. The summed E-state index contributed by atoms with van der Waals surface area (Å²) in [6.07, 6.45) is 0.664. The Bertz CT molecular complexity index is 653. The number of hydrogen-bond donors (Lipinski definition) is 7. The summed E-state index contributed by atoms with van der Waals surface area (Å²) in [5, 5.41) is 30.5. The first kappa shape index (κ1) is 15.4. The van der Waals surface area contributed by atoms with E-state index in [1.54, 1.807) is 6.20 Å². The fourth-order valence-corrected chi connectivity index (χ4v) is 2.08. The van der Waals surface area contributed by atoms with Crippen LogP contribution in [0.4, 0.5) is 5.95 Å². The van der Waals surface area contributed by atoms with Crippen molar-refractivity contribution in [1.82, 2.24) is 20.3 Å². The number of aromatic nitrogens is 3. The molecule has 0 saturated carbocycles. The van der Waals surface area contributed by atoms with Gasteiger partial charge in [0.05, 0.1) is 12.7 Å². The van der Waals surface area contributed by atoms with Crippen molar-refractivity contribution in [3.05, 3.63) is 22.1 Å². The molecule has 2 atom stereocenters. The molecule has 9 heteroatoms. The Hall–Kier alpha value is -1.94. The first-order chi connectivity index (χ1) is 10.1. The summed E-state index contributed by atoms with van der Waals surface area (Å²) < 4.78 is 0. The zero-order valence-electron chi connectivity index (χ0n) is 11.3. The lowest BCUT2D eigenvalue weighted by atomic mass is 10.0. The van der Waals surface area contributed by atoms with Gasteiger partial charge < -0.3 is 31.4 Å². The predicted octanol–water partition coefficient (Wildman–Crippen LogP) is -2.12. The highest BCUT2D eigenvalue weighted by molar-refractivity contribution is 5.78. The van der Waals surface area contributed by atoms with Crippen molar-refractivity contribution in [3.63, 3.8) is 0 Å². The number of aliphatic hydroxyl groups excluding tert-OH is 3. The molecule has 0 aromatic carbocycles. The highest BCUT2D eigenvalue weighted by Crippen LogP contribution is 2.13. The van der Waals surface area contributed by atoms with Crippen LogP contribution >= 0.6 is 0 Å². The topological polar surface area (TPSA) is 160 Å². The molecule has 2 aromatic heterocycles. The van der Waals surface area contributed by atoms with E-state index in [0.717, 1.165) is 5.56 Å². The summed E-state index contributed by atoms with van der Waals surface area (Å²) in [4.78, 5) is 21.0. The first-order valence-electron chi connectivity index (χ1n) is 6.53. The van der Waals surface area contributed by atoms with Gasteiger partial charge in [-0.2, -0.15) is 0 Å². The number of aliphatic hydroxyl groups is 3. The van der Waals surface area contributed by atoms with E-state index in [0.29, 0.717) is 24.1 Å². The SMILES string of the molecule is Nc1nc2c(CNCC(CO)C(O)CO)c[nH]c2c(=O)[nH]1. The molecule has 116 valence electrons. The lowest BCUT2D eigenvalue weighted by Crippen LogP contribution is -2.35. The van der Waals surface area contributed by atoms with Crippen LogP contribution in [0.25, 0.3) is 11.0 Å². The van der Waals surface area contributed by atoms with Crippen LogP contribution in [0.2, 0.25) is 0 Å². The number of nitrogens with two attached hydrogens (primary N) is 1. The average molecular weight is 297 g/mol. The van der Waals surface area contributed by atoms with Gasteiger partial charge in [-0.05, 0) is 0 Å². The van der Waals surface area contributed by atoms with E-state index in [4.69, 9.17) is 15.9 Å². The second-order valence-electron chi connectivity index (χ2n) is 4.81. The van der Waals surface area contributed by atoms with Crippen LogP contribution in [0.1, 0.15) is 5.56 Å². The van der Waals surface area contributed by atoms with Crippen LogP contribution in [0, 0.1) is 5.92 Å². The van der Waals surface area contributed by atoms with Gasteiger partial charge in [-0.25, -0.2) is 4.98 Å². The second kappa shape index (κ2) is 6.68. The van der Waals surface area contributed by atoms with Crippen molar-refractivity contribution in [2.24, 2.45) is 5.92 Å². The summed E-state index contributed by atoms with van der Waals surface area (Å²) in [5.41, 5.74) is 6.74. The number of rotatable bonds is 7. The molecule has 0 radical (unpaired) electrons. The molecule has 0 spiro atoms. The lowest BCUT2D eigenvalue weighted by molar-refractivity contribution is 0.0228. The Labute approximate surface area is 119 Å². The Morgan fingerprint density at radius 3 is 2.81 bits per heavy atom. The number of nitrogens with one attached hydrogen (secondary N) is 3. The number of nitrogen functional groups attached to an aromatic ring is 1. The number of fused-ring (bicyclic) bond motifs is 1. The van der Waals surface area contributed by atoms with Gasteiger partial charge in [0.15, 0.2) is 0 Å². The second-order valence-corrected chi connectivity index (χ2v) is 4.81. The maximum absolute atomic E-state index is 11.6. The molecule has 8 N–H and O–H groups in total. The van der Waals surface area contributed by atoms with Gasteiger partial charge in [0.2, 0.25) is 5.95 Å². The Morgan fingerprint density at radius 2 is 2.14 bits per heavy atom. The molecule has 2 rings (SSSR count). The van der Waals surface area contributed by atoms with E-state index >= 15 is 0 Å². The van der Waals surface area contributed by atoms with Gasteiger partial charge in [0, 0.05) is 37.4 Å². The minimum Gasteiger partial charge on any atom is -0.396 e. The summed E-state index contributed by atoms with van der Waals surface area (Å²) in [6.45, 7) is 0.0368. The molecule has 2 heterocycles. The zero-order valence-corrected chi connectivity index (χ0v) is 11.3. The highest BCUT2D eigenvalue weighted by atomic mass is 16.3. The molecule has 9 nitrogen and oxygen atoms in total. The van der Waals surface area contributed by atoms with Crippen molar-refractivity contribution in [3.8, 4) is 0 Å². The van der Waals surface area contributed by atoms with E-state index < -0.39 is 18.6 Å². The highest BCUT2D eigenvalue weighted by Gasteiger charge is 2.17. The van der Waals surface area contributed by atoms with Gasteiger partial charge in [-0.1, -0.05) is 0 Å². The molecule has 0 fully saturated rings. The maximum atomic E-state index is 11.6. The smallest absolute Gasteiger partial charge is 0.276 e. The molecule has 0 saturated heterocycles. The molecule has 0 bridgehead atoms. The number of nitrogens with zero attached hydrogens (tertiary/aromatic N) is 1. The fourth-order valence-electron chi connectivity index (χ4n) is 2.08. The fraction of sp³-hybridized carbons (Fsp3) is 0.500. The van der Waals surface area contributed by atoms with Crippen LogP contribution in [0.15, 0.2) is 11.0 Å². The number of aromatic amines is 2. The third-order valence-electron chi connectivity index (χ3n) is 3.32. The summed E-state index contributed by atoms with van der Waals surface area (Å²) in [6, 6.07) is 0. The van der Waals surface area contributed by atoms with Crippen LogP contribution in [0.3, 0.4) is 0 Å². The van der Waals surface area contributed by atoms with Gasteiger partial charge in [0.25, 0.3) is 5.56 Å². The molecule has 0 aliphatic heterocycles. The van der Waals surface area contributed by atoms with Crippen molar-refractivity contribution >= 4 is 17.0 Å². The normalized spacial score (nSPS) is 14.4. The third kappa shape index (κ3) is 3.39. The molecule has 2 unspecified atom stereocenters. The minimum atomic E-state index is -0.984. The van der Waals surface area contributed by atoms with E-state index in [1.807, 2.05) is 0 Å². The van der Waals surface area contributed by atoms with E-state index in [-0.39, 0.29) is 18.1 Å². The summed E-state index contributed by atoms with van der Waals surface area (Å²) in [7, 11) is 0. The number of H-pyrrole nitrogens is 2. The van der Waals surface area contributed by atoms with Gasteiger partial charge in [-0.15, -0.1) is 0 Å². The third-order valence-corrected chi connectivity index (χ3v) is 3.32. The Kier molecular flexibility index (Phi) is 4.91. The number of hydrogen-bond acceptors (Lipinski definition) is 7. The minimum absolute atomic E-state index is 0.0392. The summed E-state index contributed by atoms with van der Waals surface area (Å²) in [5.74, 6) is -0.432. The van der Waals surface area contributed by atoms with Crippen LogP contribution in [-0.4, -0.2) is 56.1 Å². The molecule has 21 heavy (non-hydrogen) atoms. The molecular formula is C12H19N5O4. The van der Waals surface area contributed by atoms with Crippen LogP contribution < -0.4 is 16.6 Å². The standard InChI is InChI=1S/C12H19N5O4/c13-12-16-9-6(3-15-10(9)11(21)17-12)1-14-2-7(4-18)8(20)5-19/h3,7-8,14-15,18-20H,1-2,4-5H2,(H3,13,16,17,21). The molecule has 2 aromatic rings. The van der Waals surface area contributed by atoms with Crippen molar-refractivity contribution in [1.29, 1.82) is 0 Å². The molecule has 0 aliphatic rings. The number of anilines is 1. The van der Waals surface area contributed by atoms with Crippen molar-refractivity contribution in [2.75, 3.05) is 25.5 Å². The Morgan fingerprint density at radius 1 is 1.38 bits per heavy atom. The quantitative estimate of drug-likeness (QED) is 0.307. The maximum Gasteiger partial charge on any atom is 0.276 e. The van der Waals surface area contributed by atoms with Crippen molar-refractivity contribution < 1.29 is 15.3 Å². The first-order valence-corrected chi connectivity index (χ1v) is 6.53.